The standard InChI is InChI=1S/C9H15N.C8H13N.C4H7N.C4H6O/c1-3-9(2,7-10)8-5-4-6-8;1-2-7(6-9)8-4-3-5-8;1-2-3-4-5;5-4-2-1-3-4/h8H,3-6H2,1-2H3;7-8H,2-5H2,1H3;2-3H2,1H3;1-3H2. The quantitative estimate of drug-likeness (QED) is 0.492. The molecule has 0 N–H and O–H groups in total. The molecule has 0 aromatic carbocycles. The Labute approximate surface area is 179 Å². The summed E-state index contributed by atoms with van der Waals surface area (Å²) < 4.78 is 0. The molecule has 3 aliphatic carbocycles. The van der Waals surface area contributed by atoms with E-state index in [0.29, 0.717) is 24.0 Å². The Balaban J connectivity index is 0.000000378. The number of hydrogen-bond donors (Lipinski definition) is 0. The van der Waals surface area contributed by atoms with Gasteiger partial charge in [-0.1, -0.05) is 33.6 Å². The van der Waals surface area contributed by atoms with Gasteiger partial charge < -0.3 is 0 Å². The summed E-state index contributed by atoms with van der Waals surface area (Å²) >= 11 is 0. The molecule has 0 amide bonds. The maximum atomic E-state index is 9.90. The van der Waals surface area contributed by atoms with E-state index in [4.69, 9.17) is 15.8 Å². The van der Waals surface area contributed by atoms with E-state index in [2.05, 4.69) is 32.9 Å². The molecule has 2 unspecified atom stereocenters. The van der Waals surface area contributed by atoms with Crippen LogP contribution in [0.1, 0.15) is 111 Å². The van der Waals surface area contributed by atoms with Gasteiger partial charge in [0.2, 0.25) is 0 Å². The molecule has 162 valence electrons. The molecule has 3 fully saturated rings. The molecule has 0 aromatic heterocycles. The van der Waals surface area contributed by atoms with E-state index in [1.54, 1.807) is 0 Å². The van der Waals surface area contributed by atoms with E-state index < -0.39 is 0 Å². The zero-order valence-corrected chi connectivity index (χ0v) is 19.2. The van der Waals surface area contributed by atoms with Gasteiger partial charge in [0.15, 0.2) is 0 Å². The van der Waals surface area contributed by atoms with Crippen LogP contribution >= 0.6 is 0 Å². The molecule has 0 aromatic rings. The minimum atomic E-state index is -0.0156. The normalized spacial score (nSPS) is 20.2. The molecule has 3 rings (SSSR count). The Morgan fingerprint density at radius 1 is 1.00 bits per heavy atom. The van der Waals surface area contributed by atoms with Gasteiger partial charge >= 0.3 is 0 Å². The number of Topliss-reactive ketones (excluding diaryl/α,β-unsaturated/α-hetero) is 1. The number of carbonyl (C=O) groups excluding carboxylic acids is 1. The van der Waals surface area contributed by atoms with Crippen LogP contribution in [0.2, 0.25) is 0 Å². The Morgan fingerprint density at radius 3 is 1.62 bits per heavy atom. The van der Waals surface area contributed by atoms with Crippen LogP contribution in [0.3, 0.4) is 0 Å². The van der Waals surface area contributed by atoms with Crippen molar-refractivity contribution in [2.24, 2.45) is 23.2 Å². The van der Waals surface area contributed by atoms with Crippen LogP contribution in [0.15, 0.2) is 0 Å². The van der Waals surface area contributed by atoms with E-state index >= 15 is 0 Å². The summed E-state index contributed by atoms with van der Waals surface area (Å²) in [5, 5.41) is 25.3. The van der Waals surface area contributed by atoms with E-state index in [1.807, 2.05) is 13.0 Å². The van der Waals surface area contributed by atoms with Gasteiger partial charge in [-0.25, -0.2) is 0 Å². The number of nitriles is 3. The zero-order valence-electron chi connectivity index (χ0n) is 19.2. The molecule has 2 atom stereocenters. The molecule has 0 spiro atoms. The van der Waals surface area contributed by atoms with Crippen LogP contribution in [0.25, 0.3) is 0 Å². The van der Waals surface area contributed by atoms with E-state index in [0.717, 1.165) is 44.4 Å². The van der Waals surface area contributed by atoms with Gasteiger partial charge in [0.1, 0.15) is 5.78 Å². The van der Waals surface area contributed by atoms with E-state index in [-0.39, 0.29) is 5.41 Å². The molecule has 3 aliphatic rings. The second kappa shape index (κ2) is 16.0. The number of rotatable bonds is 5. The van der Waals surface area contributed by atoms with Gasteiger partial charge in [0, 0.05) is 25.2 Å². The SMILES string of the molecule is CCC(C#N)C1CCC1.CCC(C)(C#N)C1CCC1.CCCC#N.O=C1CCC1. The average molecular weight is 400 g/mol. The summed E-state index contributed by atoms with van der Waals surface area (Å²) in [4.78, 5) is 9.90. The zero-order chi connectivity index (χ0) is 22.1. The number of unbranched alkanes of at least 4 members (excludes halogenated alkanes) is 1. The molecule has 0 saturated heterocycles. The predicted molar refractivity (Wildman–Crippen MR) is 117 cm³/mol. The summed E-state index contributed by atoms with van der Waals surface area (Å²) in [5.41, 5.74) is -0.0156. The molecule has 0 bridgehead atoms. The highest BCUT2D eigenvalue weighted by Gasteiger charge is 2.36. The van der Waals surface area contributed by atoms with Crippen LogP contribution in [-0.2, 0) is 4.79 Å². The van der Waals surface area contributed by atoms with Crippen molar-refractivity contribution >= 4 is 5.78 Å². The van der Waals surface area contributed by atoms with Crippen molar-refractivity contribution < 1.29 is 4.79 Å². The van der Waals surface area contributed by atoms with Gasteiger partial charge in [-0.2, -0.15) is 15.8 Å². The molecule has 4 heteroatoms. The maximum Gasteiger partial charge on any atom is 0.132 e. The molecule has 0 radical (unpaired) electrons. The average Bonchev–Trinajstić information content (AvgIpc) is 2.63. The van der Waals surface area contributed by atoms with Crippen LogP contribution in [0.4, 0.5) is 0 Å². The molecular formula is C25H41N3O. The highest BCUT2D eigenvalue weighted by atomic mass is 16.1. The molecular weight excluding hydrogens is 358 g/mol. The number of carbonyl (C=O) groups is 1. The van der Waals surface area contributed by atoms with Crippen molar-refractivity contribution in [1.82, 2.24) is 0 Å². The van der Waals surface area contributed by atoms with Crippen LogP contribution in [0, 0.1) is 57.2 Å². The number of hydrogen-bond acceptors (Lipinski definition) is 4. The Kier molecular flexibility index (Phi) is 15.0. The molecule has 4 nitrogen and oxygen atoms in total. The van der Waals surface area contributed by atoms with E-state index in [1.165, 1.54) is 38.5 Å². The second-order valence-electron chi connectivity index (χ2n) is 8.65. The summed E-state index contributed by atoms with van der Waals surface area (Å²) in [6, 6.07) is 6.80. The van der Waals surface area contributed by atoms with Gasteiger partial charge in [0.05, 0.1) is 23.6 Å². The largest absolute Gasteiger partial charge is 0.300 e. The van der Waals surface area contributed by atoms with Gasteiger partial charge in [-0.15, -0.1) is 0 Å². The summed E-state index contributed by atoms with van der Waals surface area (Å²) in [7, 11) is 0. The van der Waals surface area contributed by atoms with Gasteiger partial charge in [0.25, 0.3) is 0 Å². The number of nitrogens with zero attached hydrogens (tertiary/aromatic N) is 3. The van der Waals surface area contributed by atoms with Crippen molar-refractivity contribution in [2.45, 2.75) is 111 Å². The van der Waals surface area contributed by atoms with Crippen molar-refractivity contribution in [3.8, 4) is 18.2 Å². The lowest BCUT2D eigenvalue weighted by Gasteiger charge is -2.37. The lowest BCUT2D eigenvalue weighted by Crippen LogP contribution is -2.30. The third-order valence-electron chi connectivity index (χ3n) is 6.59. The summed E-state index contributed by atoms with van der Waals surface area (Å²) in [6.07, 6.45) is 14.4. The first kappa shape index (κ1) is 27.1. The molecule has 29 heavy (non-hydrogen) atoms. The van der Waals surface area contributed by atoms with Crippen LogP contribution < -0.4 is 0 Å². The fourth-order valence-electron chi connectivity index (χ4n) is 3.31. The summed E-state index contributed by atoms with van der Waals surface area (Å²) in [6.45, 7) is 8.30. The highest BCUT2D eigenvalue weighted by molar-refractivity contribution is 5.83. The minimum absolute atomic E-state index is 0.0156. The Morgan fingerprint density at radius 2 is 1.55 bits per heavy atom. The van der Waals surface area contributed by atoms with Gasteiger partial charge in [-0.3, -0.25) is 4.79 Å². The van der Waals surface area contributed by atoms with Crippen molar-refractivity contribution in [1.29, 1.82) is 15.8 Å². The monoisotopic (exact) mass is 399 g/mol. The lowest BCUT2D eigenvalue weighted by atomic mass is 9.66. The first-order valence-corrected chi connectivity index (χ1v) is 11.6. The van der Waals surface area contributed by atoms with Crippen LogP contribution in [0.5, 0.6) is 0 Å². The Bertz CT molecular complexity index is 566. The van der Waals surface area contributed by atoms with Gasteiger partial charge in [-0.05, 0) is 70.1 Å². The smallest absolute Gasteiger partial charge is 0.132 e. The fourth-order valence-corrected chi connectivity index (χ4v) is 3.31. The van der Waals surface area contributed by atoms with Crippen molar-refractivity contribution in [3.63, 3.8) is 0 Å². The van der Waals surface area contributed by atoms with E-state index in [9.17, 15) is 4.79 Å². The first-order chi connectivity index (χ1) is 13.9. The third kappa shape index (κ3) is 10.5. The molecule has 3 saturated carbocycles. The molecule has 0 aliphatic heterocycles. The Hall–Kier alpha value is -1.86. The van der Waals surface area contributed by atoms with Crippen molar-refractivity contribution in [3.05, 3.63) is 0 Å². The molecule has 0 heterocycles. The maximum absolute atomic E-state index is 9.90. The highest BCUT2D eigenvalue weighted by Crippen LogP contribution is 2.43. The number of ketones is 1. The third-order valence-corrected chi connectivity index (χ3v) is 6.59. The fraction of sp³-hybridized carbons (Fsp3) is 0.840. The first-order valence-electron chi connectivity index (χ1n) is 11.6. The van der Waals surface area contributed by atoms with Crippen LogP contribution in [-0.4, -0.2) is 5.78 Å². The van der Waals surface area contributed by atoms with Crippen molar-refractivity contribution in [2.75, 3.05) is 0 Å². The lowest BCUT2D eigenvalue weighted by molar-refractivity contribution is -0.123. The topological polar surface area (TPSA) is 88.4 Å². The predicted octanol–water partition coefficient (Wildman–Crippen LogP) is 7.11. The second-order valence-corrected chi connectivity index (χ2v) is 8.65. The minimum Gasteiger partial charge on any atom is -0.300 e. The summed E-state index contributed by atoms with van der Waals surface area (Å²) in [5.74, 6) is 2.24.